The van der Waals surface area contributed by atoms with E-state index < -0.39 is 0 Å². The van der Waals surface area contributed by atoms with E-state index in [0.29, 0.717) is 27.7 Å². The van der Waals surface area contributed by atoms with Crippen LogP contribution in [0.1, 0.15) is 15.9 Å². The normalized spacial score (nSPS) is 9.85. The number of hydrogen-bond donors (Lipinski definition) is 1. The number of benzene rings is 2. The van der Waals surface area contributed by atoms with Gasteiger partial charge in [-0.3, -0.25) is 4.79 Å². The van der Waals surface area contributed by atoms with Gasteiger partial charge in [0.15, 0.2) is 0 Å². The van der Waals surface area contributed by atoms with Crippen molar-refractivity contribution in [1.29, 1.82) is 5.26 Å². The molecule has 20 heavy (non-hydrogen) atoms. The third-order valence-corrected chi connectivity index (χ3v) is 3.24. The molecular weight excluding hydrogens is 295 g/mol. The molecule has 0 unspecified atom stereocenters. The van der Waals surface area contributed by atoms with E-state index in [1.807, 2.05) is 0 Å². The van der Waals surface area contributed by atoms with E-state index in [1.54, 1.807) is 42.5 Å². The fourth-order valence-corrected chi connectivity index (χ4v) is 1.99. The second-order valence-corrected chi connectivity index (χ2v) is 4.95. The Balaban J connectivity index is 2.15. The Hall–Kier alpha value is -2.02. The lowest BCUT2D eigenvalue weighted by molar-refractivity contribution is 0.102. The molecule has 1 N–H and O–H groups in total. The third-order valence-electron chi connectivity index (χ3n) is 2.68. The molecule has 2 aromatic rings. The molecule has 1 amide bonds. The first-order chi connectivity index (χ1) is 9.60. The van der Waals surface area contributed by atoms with Crippen LogP contribution >= 0.6 is 23.2 Å². The van der Waals surface area contributed by atoms with Crippen molar-refractivity contribution in [2.45, 2.75) is 6.42 Å². The molecule has 0 aromatic heterocycles. The maximum atomic E-state index is 12.1. The van der Waals surface area contributed by atoms with Gasteiger partial charge in [-0.05, 0) is 35.9 Å². The van der Waals surface area contributed by atoms with Gasteiger partial charge in [-0.25, -0.2) is 0 Å². The molecule has 0 fully saturated rings. The van der Waals surface area contributed by atoms with E-state index in [9.17, 15) is 4.79 Å². The Kier molecular flexibility index (Phi) is 4.62. The summed E-state index contributed by atoms with van der Waals surface area (Å²) in [6, 6.07) is 13.7. The van der Waals surface area contributed by atoms with Gasteiger partial charge in [0.25, 0.3) is 5.91 Å². The van der Waals surface area contributed by atoms with Crippen LogP contribution in [0.4, 0.5) is 5.69 Å². The summed E-state index contributed by atoms with van der Waals surface area (Å²) in [6.07, 6.45) is 0.321. The van der Waals surface area contributed by atoms with Crippen LogP contribution in [0.25, 0.3) is 0 Å². The van der Waals surface area contributed by atoms with Gasteiger partial charge in [-0.2, -0.15) is 5.26 Å². The molecule has 0 bridgehead atoms. The van der Waals surface area contributed by atoms with Gasteiger partial charge >= 0.3 is 0 Å². The average Bonchev–Trinajstić information content (AvgIpc) is 2.44. The third kappa shape index (κ3) is 3.51. The number of rotatable bonds is 3. The summed E-state index contributed by atoms with van der Waals surface area (Å²) in [7, 11) is 0. The van der Waals surface area contributed by atoms with E-state index in [2.05, 4.69) is 11.4 Å². The Morgan fingerprint density at radius 2 is 1.85 bits per heavy atom. The lowest BCUT2D eigenvalue weighted by atomic mass is 10.1. The van der Waals surface area contributed by atoms with Crippen LogP contribution in [0.5, 0.6) is 0 Å². The first-order valence-electron chi connectivity index (χ1n) is 5.82. The monoisotopic (exact) mass is 304 g/mol. The quantitative estimate of drug-likeness (QED) is 0.918. The van der Waals surface area contributed by atoms with Gasteiger partial charge in [-0.15, -0.1) is 0 Å². The van der Waals surface area contributed by atoms with Crippen molar-refractivity contribution in [3.63, 3.8) is 0 Å². The number of amides is 1. The molecule has 0 saturated heterocycles. The minimum atomic E-state index is -0.280. The maximum absolute atomic E-state index is 12.1. The number of carbonyl (C=O) groups excluding carboxylic acids is 1. The summed E-state index contributed by atoms with van der Waals surface area (Å²) >= 11 is 11.8. The highest BCUT2D eigenvalue weighted by molar-refractivity contribution is 6.35. The molecule has 0 aliphatic carbocycles. The fraction of sp³-hybridized carbons (Fsp3) is 0.0667. The van der Waals surface area contributed by atoms with Gasteiger partial charge in [0.05, 0.1) is 23.2 Å². The second-order valence-electron chi connectivity index (χ2n) is 4.11. The SMILES string of the molecule is N#CCc1ccc(C(=O)Nc2cc(Cl)ccc2Cl)cc1. The van der Waals surface area contributed by atoms with E-state index in [4.69, 9.17) is 28.5 Å². The molecular formula is C15H10Cl2N2O. The molecule has 0 aliphatic heterocycles. The smallest absolute Gasteiger partial charge is 0.255 e. The number of carbonyl (C=O) groups is 1. The van der Waals surface area contributed by atoms with Crippen molar-refractivity contribution < 1.29 is 4.79 Å². The zero-order chi connectivity index (χ0) is 14.5. The molecule has 2 rings (SSSR count). The highest BCUT2D eigenvalue weighted by Crippen LogP contribution is 2.25. The van der Waals surface area contributed by atoms with Gasteiger partial charge in [0, 0.05) is 10.6 Å². The summed E-state index contributed by atoms with van der Waals surface area (Å²) < 4.78 is 0. The first kappa shape index (κ1) is 14.4. The average molecular weight is 305 g/mol. The number of halogens is 2. The number of nitrogens with zero attached hydrogens (tertiary/aromatic N) is 1. The Bertz CT molecular complexity index is 675. The number of nitriles is 1. The zero-order valence-corrected chi connectivity index (χ0v) is 11.9. The molecule has 0 radical (unpaired) electrons. The van der Waals surface area contributed by atoms with Crippen LogP contribution in [-0.2, 0) is 6.42 Å². The van der Waals surface area contributed by atoms with Crippen LogP contribution in [0.2, 0.25) is 10.0 Å². The first-order valence-corrected chi connectivity index (χ1v) is 6.58. The van der Waals surface area contributed by atoms with Crippen molar-refractivity contribution in [3.8, 4) is 6.07 Å². The Labute approximate surface area is 126 Å². The minimum absolute atomic E-state index is 0.280. The van der Waals surface area contributed by atoms with Crippen molar-refractivity contribution in [1.82, 2.24) is 0 Å². The second kappa shape index (κ2) is 6.42. The van der Waals surface area contributed by atoms with Crippen molar-refractivity contribution in [2.75, 3.05) is 5.32 Å². The molecule has 0 spiro atoms. The summed E-state index contributed by atoms with van der Waals surface area (Å²) in [5, 5.41) is 12.2. The van der Waals surface area contributed by atoms with Gasteiger partial charge in [-0.1, -0.05) is 35.3 Å². The molecule has 2 aromatic carbocycles. The van der Waals surface area contributed by atoms with E-state index in [0.717, 1.165) is 5.56 Å². The molecule has 3 nitrogen and oxygen atoms in total. The zero-order valence-electron chi connectivity index (χ0n) is 10.4. The molecule has 0 aliphatic rings. The largest absolute Gasteiger partial charge is 0.321 e. The molecule has 0 saturated carbocycles. The molecule has 5 heteroatoms. The van der Waals surface area contributed by atoms with Crippen LogP contribution in [0.15, 0.2) is 42.5 Å². The summed E-state index contributed by atoms with van der Waals surface area (Å²) in [6.45, 7) is 0. The van der Waals surface area contributed by atoms with Crippen LogP contribution in [-0.4, -0.2) is 5.91 Å². The molecule has 0 heterocycles. The Morgan fingerprint density at radius 1 is 1.15 bits per heavy atom. The maximum Gasteiger partial charge on any atom is 0.255 e. The van der Waals surface area contributed by atoms with Crippen molar-refractivity contribution >= 4 is 34.8 Å². The molecule has 0 atom stereocenters. The van der Waals surface area contributed by atoms with Gasteiger partial charge in [0.2, 0.25) is 0 Å². The number of anilines is 1. The van der Waals surface area contributed by atoms with Gasteiger partial charge < -0.3 is 5.32 Å². The highest BCUT2D eigenvalue weighted by atomic mass is 35.5. The van der Waals surface area contributed by atoms with Crippen LogP contribution in [0, 0.1) is 11.3 Å². The lowest BCUT2D eigenvalue weighted by Crippen LogP contribution is -2.12. The van der Waals surface area contributed by atoms with E-state index in [-0.39, 0.29) is 5.91 Å². The minimum Gasteiger partial charge on any atom is -0.321 e. The predicted molar refractivity (Wildman–Crippen MR) is 80.2 cm³/mol. The van der Waals surface area contributed by atoms with Gasteiger partial charge in [0.1, 0.15) is 0 Å². The summed E-state index contributed by atoms with van der Waals surface area (Å²) in [4.78, 5) is 12.1. The Morgan fingerprint density at radius 3 is 2.50 bits per heavy atom. The van der Waals surface area contributed by atoms with E-state index in [1.165, 1.54) is 0 Å². The molecule has 100 valence electrons. The standard InChI is InChI=1S/C15H10Cl2N2O/c16-12-5-6-13(17)14(9-12)19-15(20)11-3-1-10(2-4-11)7-8-18/h1-6,9H,7H2,(H,19,20). The summed E-state index contributed by atoms with van der Waals surface area (Å²) in [5.41, 5.74) is 1.82. The number of nitrogens with one attached hydrogen (secondary N) is 1. The van der Waals surface area contributed by atoms with E-state index >= 15 is 0 Å². The fourth-order valence-electron chi connectivity index (χ4n) is 1.65. The van der Waals surface area contributed by atoms with Crippen LogP contribution in [0.3, 0.4) is 0 Å². The predicted octanol–water partition coefficient (Wildman–Crippen LogP) is 4.31. The number of hydrogen-bond acceptors (Lipinski definition) is 2. The lowest BCUT2D eigenvalue weighted by Gasteiger charge is -2.08. The van der Waals surface area contributed by atoms with Crippen molar-refractivity contribution in [2.24, 2.45) is 0 Å². The van der Waals surface area contributed by atoms with Crippen LogP contribution < -0.4 is 5.32 Å². The topological polar surface area (TPSA) is 52.9 Å². The van der Waals surface area contributed by atoms with Crippen molar-refractivity contribution in [3.05, 3.63) is 63.6 Å². The highest BCUT2D eigenvalue weighted by Gasteiger charge is 2.09. The summed E-state index contributed by atoms with van der Waals surface area (Å²) in [5.74, 6) is -0.280.